The molecular weight excluding hydrogens is 316 g/mol. The molecule has 6 nitrogen and oxygen atoms in total. The van der Waals surface area contributed by atoms with Gasteiger partial charge in [-0.15, -0.1) is 16.4 Å². The predicted molar refractivity (Wildman–Crippen MR) is 79.5 cm³/mol. The first kappa shape index (κ1) is 14.1. The van der Waals surface area contributed by atoms with E-state index in [1.807, 2.05) is 12.4 Å². The van der Waals surface area contributed by atoms with Crippen molar-refractivity contribution >= 4 is 32.9 Å². The Morgan fingerprint density at radius 1 is 1.20 bits per heavy atom. The van der Waals surface area contributed by atoms with E-state index in [-0.39, 0.29) is 0 Å². The molecule has 0 aromatic carbocycles. The first-order valence-corrected chi connectivity index (χ1v) is 9.22. The summed E-state index contributed by atoms with van der Waals surface area (Å²) in [5.41, 5.74) is 0.736. The molecule has 9 heteroatoms. The van der Waals surface area contributed by atoms with Crippen molar-refractivity contribution in [1.82, 2.24) is 18.8 Å². The molecule has 1 aliphatic heterocycles. The summed E-state index contributed by atoms with van der Waals surface area (Å²) < 4.78 is 30.9. The van der Waals surface area contributed by atoms with Crippen LogP contribution in [0.2, 0.25) is 0 Å². The van der Waals surface area contributed by atoms with Crippen LogP contribution >= 0.6 is 22.9 Å². The molecule has 0 atom stereocenters. The zero-order valence-electron chi connectivity index (χ0n) is 10.9. The molecule has 1 aliphatic rings. The molecule has 0 amide bonds. The van der Waals surface area contributed by atoms with E-state index in [0.717, 1.165) is 23.7 Å². The molecule has 1 saturated heterocycles. The smallest absolute Gasteiger partial charge is 0.252 e. The van der Waals surface area contributed by atoms with Crippen LogP contribution < -0.4 is 0 Å². The van der Waals surface area contributed by atoms with E-state index < -0.39 is 10.0 Å². The van der Waals surface area contributed by atoms with Gasteiger partial charge in [-0.2, -0.15) is 4.31 Å². The van der Waals surface area contributed by atoms with Gasteiger partial charge in [0.1, 0.15) is 9.90 Å². The fourth-order valence-electron chi connectivity index (χ4n) is 2.02. The van der Waals surface area contributed by atoms with Crippen LogP contribution in [0.3, 0.4) is 0 Å². The zero-order valence-corrected chi connectivity index (χ0v) is 13.3. The van der Waals surface area contributed by atoms with Crippen LogP contribution in [0, 0.1) is 0 Å². The van der Waals surface area contributed by atoms with E-state index >= 15 is 0 Å². The fourth-order valence-corrected chi connectivity index (χ4v) is 5.39. The van der Waals surface area contributed by atoms with Gasteiger partial charge in [-0.3, -0.25) is 0 Å². The van der Waals surface area contributed by atoms with Crippen molar-refractivity contribution < 1.29 is 8.42 Å². The molecule has 3 rings (SSSR count). The highest BCUT2D eigenvalue weighted by Crippen LogP contribution is 2.31. The van der Waals surface area contributed by atoms with E-state index in [4.69, 9.17) is 0 Å². The fraction of sp³-hybridized carbons (Fsp3) is 0.455. The molecule has 0 saturated carbocycles. The summed E-state index contributed by atoms with van der Waals surface area (Å²) in [4.78, 5) is 2.97. The molecule has 0 unspecified atom stereocenters. The monoisotopic (exact) mass is 330 g/mol. The van der Waals surface area contributed by atoms with Crippen molar-refractivity contribution in [3.63, 3.8) is 0 Å². The van der Waals surface area contributed by atoms with Crippen LogP contribution in [0.25, 0.3) is 10.6 Å². The standard InChI is InChI=1S/C11H14N4O2S3/c1-14-4-6-15(7-5-14)20(16,17)11-3-2-10(19-11)9-8-18-13-12-9/h2-3,8H,4-7H2,1H3. The maximum atomic E-state index is 12.6. The summed E-state index contributed by atoms with van der Waals surface area (Å²) >= 11 is 2.51. The quantitative estimate of drug-likeness (QED) is 0.846. The highest BCUT2D eigenvalue weighted by atomic mass is 32.2. The number of nitrogens with zero attached hydrogens (tertiary/aromatic N) is 4. The SMILES string of the molecule is CN1CCN(S(=O)(=O)c2ccc(-c3csnn3)s2)CC1. The lowest BCUT2D eigenvalue weighted by Crippen LogP contribution is -2.46. The molecule has 3 heterocycles. The van der Waals surface area contributed by atoms with Gasteiger partial charge in [-0.05, 0) is 30.7 Å². The lowest BCUT2D eigenvalue weighted by atomic mass is 10.4. The second kappa shape index (κ2) is 5.49. The van der Waals surface area contributed by atoms with Gasteiger partial charge in [0.15, 0.2) is 0 Å². The van der Waals surface area contributed by atoms with Gasteiger partial charge in [0, 0.05) is 31.6 Å². The normalized spacial score (nSPS) is 18.4. The van der Waals surface area contributed by atoms with Crippen LogP contribution in [0.5, 0.6) is 0 Å². The number of hydrogen-bond acceptors (Lipinski definition) is 7. The zero-order chi connectivity index (χ0) is 14.2. The largest absolute Gasteiger partial charge is 0.304 e. The van der Waals surface area contributed by atoms with E-state index in [1.165, 1.54) is 22.9 Å². The minimum atomic E-state index is -3.38. The number of likely N-dealkylation sites (N-methyl/N-ethyl adjacent to an activating group) is 1. The van der Waals surface area contributed by atoms with Gasteiger partial charge in [0.05, 0.1) is 4.88 Å². The second-order valence-electron chi connectivity index (χ2n) is 4.62. The lowest BCUT2D eigenvalue weighted by Gasteiger charge is -2.31. The van der Waals surface area contributed by atoms with Crippen molar-refractivity contribution in [3.05, 3.63) is 17.5 Å². The highest BCUT2D eigenvalue weighted by molar-refractivity contribution is 7.91. The topological polar surface area (TPSA) is 66.4 Å². The Bertz CT molecular complexity index is 672. The molecule has 2 aromatic rings. The number of piperazine rings is 1. The van der Waals surface area contributed by atoms with Gasteiger partial charge < -0.3 is 4.90 Å². The van der Waals surface area contributed by atoms with Crippen molar-refractivity contribution in [2.75, 3.05) is 33.2 Å². The summed E-state index contributed by atoms with van der Waals surface area (Å²) in [6, 6.07) is 3.46. The molecule has 1 fully saturated rings. The van der Waals surface area contributed by atoms with Gasteiger partial charge in [-0.25, -0.2) is 8.42 Å². The third kappa shape index (κ3) is 2.63. The Kier molecular flexibility index (Phi) is 3.87. The maximum Gasteiger partial charge on any atom is 0.252 e. The molecule has 0 bridgehead atoms. The minimum absolute atomic E-state index is 0.380. The molecular formula is C11H14N4O2S3. The predicted octanol–water partition coefficient (Wildman–Crippen LogP) is 1.20. The highest BCUT2D eigenvalue weighted by Gasteiger charge is 2.28. The van der Waals surface area contributed by atoms with Crippen LogP contribution in [-0.4, -0.2) is 60.4 Å². The summed E-state index contributed by atoms with van der Waals surface area (Å²) in [5, 5.41) is 5.79. The minimum Gasteiger partial charge on any atom is -0.304 e. The Morgan fingerprint density at radius 3 is 2.60 bits per heavy atom. The van der Waals surface area contributed by atoms with Crippen molar-refractivity contribution in [1.29, 1.82) is 0 Å². The Morgan fingerprint density at radius 2 is 1.95 bits per heavy atom. The number of rotatable bonds is 3. The maximum absolute atomic E-state index is 12.6. The summed E-state index contributed by atoms with van der Waals surface area (Å²) in [5.74, 6) is 0. The molecule has 2 aromatic heterocycles. The third-order valence-electron chi connectivity index (χ3n) is 3.25. The molecule has 108 valence electrons. The first-order chi connectivity index (χ1) is 9.57. The van der Waals surface area contributed by atoms with Crippen molar-refractivity contribution in [2.45, 2.75) is 4.21 Å². The lowest BCUT2D eigenvalue weighted by molar-refractivity contribution is 0.222. The van der Waals surface area contributed by atoms with Crippen LogP contribution in [0.15, 0.2) is 21.7 Å². The van der Waals surface area contributed by atoms with Crippen LogP contribution in [-0.2, 0) is 10.0 Å². The summed E-state index contributed by atoms with van der Waals surface area (Å²) in [6.07, 6.45) is 0. The van der Waals surface area contributed by atoms with Crippen LogP contribution in [0.1, 0.15) is 0 Å². The first-order valence-electron chi connectivity index (χ1n) is 6.13. The van der Waals surface area contributed by atoms with E-state index in [0.29, 0.717) is 17.3 Å². The number of thiophene rings is 1. The Balaban J connectivity index is 1.85. The van der Waals surface area contributed by atoms with Gasteiger partial charge >= 0.3 is 0 Å². The molecule has 0 radical (unpaired) electrons. The van der Waals surface area contributed by atoms with Crippen LogP contribution in [0.4, 0.5) is 0 Å². The Labute approximate surface area is 125 Å². The van der Waals surface area contributed by atoms with E-state index in [1.54, 1.807) is 16.4 Å². The summed E-state index contributed by atoms with van der Waals surface area (Å²) in [6.45, 7) is 2.63. The van der Waals surface area contributed by atoms with Crippen molar-refractivity contribution in [3.8, 4) is 10.6 Å². The molecule has 0 N–H and O–H groups in total. The number of sulfonamides is 1. The van der Waals surface area contributed by atoms with Gasteiger partial charge in [0.25, 0.3) is 10.0 Å². The average molecular weight is 330 g/mol. The molecule has 0 aliphatic carbocycles. The number of hydrogen-bond donors (Lipinski definition) is 0. The summed E-state index contributed by atoms with van der Waals surface area (Å²) in [7, 11) is -1.37. The van der Waals surface area contributed by atoms with E-state index in [9.17, 15) is 8.42 Å². The average Bonchev–Trinajstić information content (AvgIpc) is 3.10. The third-order valence-corrected chi connectivity index (χ3v) is 7.23. The second-order valence-corrected chi connectivity index (χ2v) is 8.47. The molecule has 20 heavy (non-hydrogen) atoms. The molecule has 0 spiro atoms. The van der Waals surface area contributed by atoms with E-state index in [2.05, 4.69) is 14.5 Å². The van der Waals surface area contributed by atoms with Gasteiger partial charge in [-0.1, -0.05) is 4.49 Å². The Hall–Kier alpha value is -0.870. The van der Waals surface area contributed by atoms with Crippen molar-refractivity contribution in [2.24, 2.45) is 0 Å². The van der Waals surface area contributed by atoms with Gasteiger partial charge in [0.2, 0.25) is 0 Å². The number of aromatic nitrogens is 2.